The Labute approximate surface area is 155 Å². The highest BCUT2D eigenvalue weighted by Crippen LogP contribution is 2.29. The molecule has 132 valence electrons. The Morgan fingerprint density at radius 2 is 2.26 bits per heavy atom. The third-order valence-electron chi connectivity index (χ3n) is 4.69. The predicted molar refractivity (Wildman–Crippen MR) is 100 cm³/mol. The highest BCUT2D eigenvalue weighted by atomic mass is 35.5. The smallest absolute Gasteiger partial charge is 0.222 e. The van der Waals surface area contributed by atoms with Crippen LogP contribution in [-0.4, -0.2) is 42.0 Å². The van der Waals surface area contributed by atoms with Crippen LogP contribution in [0.5, 0.6) is 0 Å². The van der Waals surface area contributed by atoms with Gasteiger partial charge in [-0.25, -0.2) is 4.98 Å². The van der Waals surface area contributed by atoms with Crippen LogP contribution in [-0.2, 0) is 4.79 Å². The van der Waals surface area contributed by atoms with E-state index in [1.165, 1.54) is 17.8 Å². The van der Waals surface area contributed by atoms with Crippen LogP contribution >= 0.6 is 36.2 Å². The molecule has 0 aliphatic carbocycles. The molecule has 0 bridgehead atoms. The molecule has 0 saturated carbocycles. The molecule has 0 radical (unpaired) electrons. The second kappa shape index (κ2) is 9.82. The quantitative estimate of drug-likeness (QED) is 0.871. The number of likely N-dealkylation sites (tertiary alicyclic amines) is 1. The van der Waals surface area contributed by atoms with E-state index in [0.717, 1.165) is 51.1 Å². The van der Waals surface area contributed by atoms with E-state index in [1.807, 2.05) is 6.92 Å². The first-order chi connectivity index (χ1) is 10.2. The molecule has 3 rings (SSSR count). The van der Waals surface area contributed by atoms with Gasteiger partial charge in [-0.05, 0) is 51.6 Å². The number of carbonyl (C=O) groups is 1. The molecular weight excluding hydrogens is 353 g/mol. The van der Waals surface area contributed by atoms with Crippen LogP contribution in [0.25, 0.3) is 0 Å². The van der Waals surface area contributed by atoms with E-state index in [1.54, 1.807) is 11.3 Å². The summed E-state index contributed by atoms with van der Waals surface area (Å²) in [5.41, 5.74) is 1.10. The van der Waals surface area contributed by atoms with Crippen LogP contribution in [0, 0.1) is 12.8 Å². The minimum Gasteiger partial charge on any atom is -0.342 e. The van der Waals surface area contributed by atoms with E-state index in [-0.39, 0.29) is 24.8 Å². The van der Waals surface area contributed by atoms with Crippen molar-refractivity contribution < 1.29 is 4.79 Å². The van der Waals surface area contributed by atoms with Gasteiger partial charge in [0.1, 0.15) is 0 Å². The molecule has 0 spiro atoms. The van der Waals surface area contributed by atoms with E-state index in [2.05, 4.69) is 20.6 Å². The van der Waals surface area contributed by atoms with Gasteiger partial charge in [0.15, 0.2) is 0 Å². The molecule has 23 heavy (non-hydrogen) atoms. The van der Waals surface area contributed by atoms with Gasteiger partial charge in [-0.3, -0.25) is 4.79 Å². The van der Waals surface area contributed by atoms with Crippen molar-refractivity contribution in [2.24, 2.45) is 5.92 Å². The van der Waals surface area contributed by atoms with Gasteiger partial charge in [-0.15, -0.1) is 36.2 Å². The molecule has 2 atom stereocenters. The number of rotatable bonds is 4. The second-order valence-corrected chi connectivity index (χ2v) is 7.29. The van der Waals surface area contributed by atoms with Gasteiger partial charge in [0.05, 0.1) is 5.01 Å². The average molecular weight is 380 g/mol. The van der Waals surface area contributed by atoms with E-state index in [0.29, 0.717) is 17.7 Å². The van der Waals surface area contributed by atoms with E-state index in [4.69, 9.17) is 0 Å². The van der Waals surface area contributed by atoms with Gasteiger partial charge < -0.3 is 10.2 Å². The molecule has 0 aromatic carbocycles. The molecule has 2 aliphatic heterocycles. The first-order valence-corrected chi connectivity index (χ1v) is 9.01. The van der Waals surface area contributed by atoms with Gasteiger partial charge in [0, 0.05) is 36.5 Å². The molecule has 1 aromatic rings. The van der Waals surface area contributed by atoms with Crippen molar-refractivity contribution in [2.75, 3.05) is 26.2 Å². The van der Waals surface area contributed by atoms with Crippen LogP contribution in [0.3, 0.4) is 0 Å². The Kier molecular flexibility index (Phi) is 8.83. The topological polar surface area (TPSA) is 45.2 Å². The number of aromatic nitrogens is 1. The fraction of sp³-hybridized carbons (Fsp3) is 0.750. The minimum absolute atomic E-state index is 0. The molecule has 2 fully saturated rings. The Bertz CT molecular complexity index is 491. The SMILES string of the molecule is Cc1csc(C2CCCN(C(=O)CCC3CCNC3)C2)n1.Cl.Cl. The Morgan fingerprint density at radius 3 is 2.91 bits per heavy atom. The second-order valence-electron chi connectivity index (χ2n) is 6.40. The first kappa shape index (κ1) is 20.7. The lowest BCUT2D eigenvalue weighted by molar-refractivity contribution is -0.132. The number of nitrogens with zero attached hydrogens (tertiary/aromatic N) is 2. The Balaban J connectivity index is 0.00000132. The number of carbonyl (C=O) groups excluding carboxylic acids is 1. The predicted octanol–water partition coefficient (Wildman–Crippen LogP) is 3.39. The third-order valence-corrected chi connectivity index (χ3v) is 5.81. The number of thiazole rings is 1. The van der Waals surface area contributed by atoms with Crippen LogP contribution in [0.1, 0.15) is 48.7 Å². The summed E-state index contributed by atoms with van der Waals surface area (Å²) in [6.07, 6.45) is 5.27. The van der Waals surface area contributed by atoms with Crippen LogP contribution in [0.15, 0.2) is 5.38 Å². The summed E-state index contributed by atoms with van der Waals surface area (Å²) in [6, 6.07) is 0. The number of amides is 1. The lowest BCUT2D eigenvalue weighted by Gasteiger charge is -2.32. The summed E-state index contributed by atoms with van der Waals surface area (Å²) in [5, 5.41) is 6.70. The number of nitrogens with one attached hydrogen (secondary N) is 1. The Hall–Kier alpha value is -0.360. The fourth-order valence-corrected chi connectivity index (χ4v) is 4.34. The van der Waals surface area contributed by atoms with E-state index in [9.17, 15) is 4.79 Å². The highest BCUT2D eigenvalue weighted by molar-refractivity contribution is 7.09. The number of hydrogen-bond acceptors (Lipinski definition) is 4. The lowest BCUT2D eigenvalue weighted by Crippen LogP contribution is -2.39. The van der Waals surface area contributed by atoms with Crippen molar-refractivity contribution in [3.8, 4) is 0 Å². The zero-order valence-electron chi connectivity index (χ0n) is 13.6. The summed E-state index contributed by atoms with van der Waals surface area (Å²) < 4.78 is 0. The largest absolute Gasteiger partial charge is 0.342 e. The zero-order chi connectivity index (χ0) is 14.7. The standard InChI is InChI=1S/C16H25N3OS.2ClH/c1-12-11-21-16(18-12)14-3-2-8-19(10-14)15(20)5-4-13-6-7-17-9-13;;/h11,13-14,17H,2-10H2,1H3;2*1H. The fourth-order valence-electron chi connectivity index (χ4n) is 3.41. The first-order valence-electron chi connectivity index (χ1n) is 8.13. The Morgan fingerprint density at radius 1 is 1.43 bits per heavy atom. The van der Waals surface area contributed by atoms with Gasteiger partial charge in [-0.1, -0.05) is 0 Å². The van der Waals surface area contributed by atoms with Crippen LogP contribution in [0.4, 0.5) is 0 Å². The number of piperidine rings is 1. The van der Waals surface area contributed by atoms with Crippen molar-refractivity contribution in [1.29, 1.82) is 0 Å². The third kappa shape index (κ3) is 5.59. The maximum absolute atomic E-state index is 12.4. The van der Waals surface area contributed by atoms with Crippen molar-refractivity contribution in [3.63, 3.8) is 0 Å². The average Bonchev–Trinajstić information content (AvgIpc) is 3.16. The molecule has 7 heteroatoms. The monoisotopic (exact) mass is 379 g/mol. The summed E-state index contributed by atoms with van der Waals surface area (Å²) in [6.45, 7) is 6.06. The highest BCUT2D eigenvalue weighted by Gasteiger charge is 2.27. The van der Waals surface area contributed by atoms with Gasteiger partial charge in [0.25, 0.3) is 0 Å². The number of aryl methyl sites for hydroxylation is 1. The molecule has 3 heterocycles. The maximum atomic E-state index is 12.4. The minimum atomic E-state index is 0. The summed E-state index contributed by atoms with van der Waals surface area (Å²) >= 11 is 1.75. The van der Waals surface area contributed by atoms with E-state index >= 15 is 0 Å². The molecular formula is C16H27Cl2N3OS. The van der Waals surface area contributed by atoms with Crippen molar-refractivity contribution >= 4 is 42.1 Å². The maximum Gasteiger partial charge on any atom is 0.222 e. The van der Waals surface area contributed by atoms with Crippen molar-refractivity contribution in [1.82, 2.24) is 15.2 Å². The molecule has 1 aromatic heterocycles. The number of hydrogen-bond donors (Lipinski definition) is 1. The van der Waals surface area contributed by atoms with Crippen LogP contribution in [0.2, 0.25) is 0 Å². The summed E-state index contributed by atoms with van der Waals surface area (Å²) in [4.78, 5) is 19.1. The summed E-state index contributed by atoms with van der Waals surface area (Å²) in [7, 11) is 0. The zero-order valence-corrected chi connectivity index (χ0v) is 16.1. The number of halogens is 2. The van der Waals surface area contributed by atoms with Gasteiger partial charge in [0.2, 0.25) is 5.91 Å². The molecule has 2 aliphatic rings. The molecule has 4 nitrogen and oxygen atoms in total. The van der Waals surface area contributed by atoms with Crippen LogP contribution < -0.4 is 5.32 Å². The molecule has 2 unspecified atom stereocenters. The van der Waals surface area contributed by atoms with Crippen molar-refractivity contribution in [3.05, 3.63) is 16.1 Å². The van der Waals surface area contributed by atoms with E-state index < -0.39 is 0 Å². The lowest BCUT2D eigenvalue weighted by atomic mass is 9.97. The summed E-state index contributed by atoms with van der Waals surface area (Å²) in [5.74, 6) is 1.51. The van der Waals surface area contributed by atoms with Crippen molar-refractivity contribution in [2.45, 2.75) is 44.9 Å². The molecule has 1 N–H and O–H groups in total. The van der Waals surface area contributed by atoms with Gasteiger partial charge in [-0.2, -0.15) is 0 Å². The van der Waals surface area contributed by atoms with Gasteiger partial charge >= 0.3 is 0 Å². The molecule has 2 saturated heterocycles. The molecule has 1 amide bonds. The normalized spacial score (nSPS) is 24.0.